The molecular formula is C43H66N4O4. The highest BCUT2D eigenvalue weighted by atomic mass is 16.5. The van der Waals surface area contributed by atoms with Gasteiger partial charge in [-0.25, -0.2) is 0 Å². The van der Waals surface area contributed by atoms with Crippen LogP contribution in [0.5, 0.6) is 0 Å². The maximum Gasteiger partial charge on any atom is 0.252 e. The van der Waals surface area contributed by atoms with Gasteiger partial charge in [0.15, 0.2) is 0 Å². The molecule has 2 N–H and O–H groups in total. The zero-order valence-electron chi connectivity index (χ0n) is 32.6. The molecule has 8 nitrogen and oxygen atoms in total. The summed E-state index contributed by atoms with van der Waals surface area (Å²) in [6, 6.07) is 13.2. The molecule has 0 atom stereocenters. The molecule has 2 aromatic carbocycles. The number of rotatable bonds is 19. The number of piperidine rings is 1. The molecule has 1 heterocycles. The fourth-order valence-corrected chi connectivity index (χ4v) is 5.45. The van der Waals surface area contributed by atoms with Gasteiger partial charge in [-0.1, -0.05) is 96.4 Å². The first-order valence-electron chi connectivity index (χ1n) is 19.0. The molecule has 0 saturated carbocycles. The summed E-state index contributed by atoms with van der Waals surface area (Å²) in [4.78, 5) is 42.9. The summed E-state index contributed by atoms with van der Waals surface area (Å²) in [6.07, 6.45) is 17.4. The van der Waals surface area contributed by atoms with E-state index in [1.807, 2.05) is 52.1 Å². The van der Waals surface area contributed by atoms with Crippen molar-refractivity contribution in [3.63, 3.8) is 0 Å². The number of hydrogen-bond acceptors (Lipinski definition) is 6. The number of nitrogens with zero attached hydrogens (tertiary/aromatic N) is 2. The Kier molecular flexibility index (Phi) is 23.6. The number of carbonyl (C=O) groups excluding carboxylic acids is 3. The largest absolute Gasteiger partial charge is 0.376 e. The van der Waals surface area contributed by atoms with E-state index in [9.17, 15) is 14.4 Å². The number of benzene rings is 2. The number of ether oxygens (including phenoxy) is 1. The number of amides is 2. The third kappa shape index (κ3) is 16.3. The molecule has 0 aromatic heterocycles. The van der Waals surface area contributed by atoms with Crippen LogP contribution in [0.4, 0.5) is 11.4 Å². The van der Waals surface area contributed by atoms with Crippen LogP contribution in [0.15, 0.2) is 73.3 Å². The molecule has 0 unspecified atom stereocenters. The van der Waals surface area contributed by atoms with Crippen LogP contribution in [-0.2, 0) is 20.7 Å². The van der Waals surface area contributed by atoms with Crippen molar-refractivity contribution in [2.45, 2.75) is 98.4 Å². The van der Waals surface area contributed by atoms with Crippen LogP contribution in [0.25, 0.3) is 6.08 Å². The average Bonchev–Trinajstić information content (AvgIpc) is 3.16. The topological polar surface area (TPSA) is 91.0 Å². The summed E-state index contributed by atoms with van der Waals surface area (Å²) in [5.74, 6) is -0.490. The van der Waals surface area contributed by atoms with Crippen molar-refractivity contribution < 1.29 is 19.1 Å². The minimum absolute atomic E-state index is 0.229. The number of anilines is 2. The maximum atomic E-state index is 14.0. The van der Waals surface area contributed by atoms with Crippen molar-refractivity contribution in [1.82, 2.24) is 10.2 Å². The van der Waals surface area contributed by atoms with Crippen LogP contribution in [0, 0.1) is 0 Å². The van der Waals surface area contributed by atoms with Gasteiger partial charge in [-0.2, -0.15) is 0 Å². The quantitative estimate of drug-likeness (QED) is 0.0658. The number of carbonyl (C=O) groups is 3. The Morgan fingerprint density at radius 3 is 2.27 bits per heavy atom. The van der Waals surface area contributed by atoms with Gasteiger partial charge in [0.2, 0.25) is 5.91 Å². The van der Waals surface area contributed by atoms with Crippen LogP contribution in [0.2, 0.25) is 0 Å². The molecule has 282 valence electrons. The normalized spacial score (nSPS) is 13.8. The monoisotopic (exact) mass is 703 g/mol. The van der Waals surface area contributed by atoms with Crippen molar-refractivity contribution in [2.75, 3.05) is 56.7 Å². The molecule has 1 aliphatic heterocycles. The van der Waals surface area contributed by atoms with Gasteiger partial charge in [-0.3, -0.25) is 14.4 Å². The second kappa shape index (κ2) is 26.8. The lowest BCUT2D eigenvalue weighted by Crippen LogP contribution is -2.61. The summed E-state index contributed by atoms with van der Waals surface area (Å²) < 4.78 is 5.74. The van der Waals surface area contributed by atoms with Gasteiger partial charge in [0.25, 0.3) is 5.91 Å². The van der Waals surface area contributed by atoms with Gasteiger partial charge < -0.3 is 25.2 Å². The molecule has 0 radical (unpaired) electrons. The van der Waals surface area contributed by atoms with E-state index in [2.05, 4.69) is 66.0 Å². The Hall–Kier alpha value is -4.01. The third-order valence-electron chi connectivity index (χ3n) is 8.69. The number of unbranched alkanes of at least 4 members (excludes halogenated alkanes) is 2. The van der Waals surface area contributed by atoms with Gasteiger partial charge in [-0.15, -0.1) is 6.58 Å². The van der Waals surface area contributed by atoms with Crippen molar-refractivity contribution in [3.05, 3.63) is 90.0 Å². The predicted molar refractivity (Wildman–Crippen MR) is 217 cm³/mol. The highest BCUT2D eigenvalue weighted by molar-refractivity contribution is 6.04. The molecule has 1 saturated heterocycles. The van der Waals surface area contributed by atoms with E-state index in [1.54, 1.807) is 24.3 Å². The molecule has 51 heavy (non-hydrogen) atoms. The molecule has 0 bridgehead atoms. The van der Waals surface area contributed by atoms with Gasteiger partial charge in [0, 0.05) is 43.1 Å². The zero-order chi connectivity index (χ0) is 37.9. The van der Waals surface area contributed by atoms with Gasteiger partial charge in [-0.05, 0) is 87.5 Å². The second-order valence-corrected chi connectivity index (χ2v) is 12.6. The first-order chi connectivity index (χ1) is 24.8. The van der Waals surface area contributed by atoms with Crippen LogP contribution in [0.3, 0.4) is 0 Å². The van der Waals surface area contributed by atoms with Crippen molar-refractivity contribution in [1.29, 1.82) is 0 Å². The lowest BCUT2D eigenvalue weighted by molar-refractivity contribution is -0.123. The van der Waals surface area contributed by atoms with Crippen molar-refractivity contribution >= 4 is 35.6 Å². The molecule has 1 fully saturated rings. The minimum Gasteiger partial charge on any atom is -0.376 e. The molecule has 2 aromatic rings. The fourth-order valence-electron chi connectivity index (χ4n) is 5.45. The van der Waals surface area contributed by atoms with E-state index in [0.29, 0.717) is 56.9 Å². The van der Waals surface area contributed by atoms with Gasteiger partial charge in [0.1, 0.15) is 11.8 Å². The Morgan fingerprint density at radius 1 is 1.00 bits per heavy atom. The smallest absolute Gasteiger partial charge is 0.252 e. The van der Waals surface area contributed by atoms with Gasteiger partial charge in [0.05, 0.1) is 13.2 Å². The number of allylic oxidation sites excluding steroid dienone is 2. The summed E-state index contributed by atoms with van der Waals surface area (Å²) >= 11 is 0. The summed E-state index contributed by atoms with van der Waals surface area (Å²) in [5, 5.41) is 6.21. The van der Waals surface area contributed by atoms with E-state index in [1.165, 1.54) is 24.5 Å². The number of aldehydes is 1. The van der Waals surface area contributed by atoms with Crippen LogP contribution in [-0.4, -0.2) is 75.0 Å². The van der Waals surface area contributed by atoms with E-state index < -0.39 is 5.54 Å². The average molecular weight is 703 g/mol. The number of aryl methyl sites for hydroxylation is 1. The van der Waals surface area contributed by atoms with Crippen LogP contribution < -0.4 is 15.5 Å². The highest BCUT2D eigenvalue weighted by Gasteiger charge is 2.42. The van der Waals surface area contributed by atoms with E-state index in [4.69, 9.17) is 4.74 Å². The van der Waals surface area contributed by atoms with Crippen molar-refractivity contribution in [3.8, 4) is 0 Å². The van der Waals surface area contributed by atoms with Crippen molar-refractivity contribution in [2.24, 2.45) is 0 Å². The lowest BCUT2D eigenvalue weighted by atomic mass is 9.86. The van der Waals surface area contributed by atoms with Gasteiger partial charge >= 0.3 is 0 Å². The lowest BCUT2D eigenvalue weighted by Gasteiger charge is -2.40. The molecule has 3 rings (SSSR count). The molecule has 1 aliphatic rings. The molecule has 8 heteroatoms. The summed E-state index contributed by atoms with van der Waals surface area (Å²) in [6.45, 7) is 20.2. The van der Waals surface area contributed by atoms with Crippen LogP contribution in [0.1, 0.15) is 108 Å². The Morgan fingerprint density at radius 2 is 1.69 bits per heavy atom. The van der Waals surface area contributed by atoms with E-state index in [0.717, 1.165) is 49.8 Å². The first kappa shape index (κ1) is 45.0. The predicted octanol–water partition coefficient (Wildman–Crippen LogP) is 8.88. The SMILES string of the molecule is C=CCOCCN(CC/C=C\C)c1cc(C(=O)NC2(C(=O)Nc3ccc(/C=C/C=O)cc3)CCN(C)CC2)ccc1CCCC.CC.CCCC. The van der Waals surface area contributed by atoms with E-state index >= 15 is 0 Å². The minimum atomic E-state index is -1.05. The Balaban J connectivity index is 0.00000202. The van der Waals surface area contributed by atoms with Crippen LogP contribution >= 0.6 is 0 Å². The summed E-state index contributed by atoms with van der Waals surface area (Å²) in [5.41, 5.74) is 3.21. The highest BCUT2D eigenvalue weighted by Crippen LogP contribution is 2.28. The fraction of sp³-hybridized carbons (Fsp3) is 0.512. The van der Waals surface area contributed by atoms with E-state index in [-0.39, 0.29) is 11.8 Å². The number of hydrogen-bond donors (Lipinski definition) is 2. The first-order valence-corrected chi connectivity index (χ1v) is 19.0. The molecular weight excluding hydrogens is 636 g/mol. The molecule has 0 aliphatic carbocycles. The molecule has 0 spiro atoms. The second-order valence-electron chi connectivity index (χ2n) is 12.6. The Labute approximate surface area is 309 Å². The standard InChI is InChI=1S/C37H50N4O4.C4H10.C2H6/c1-5-8-10-22-41(25-28-45-27-7-3)34-29-32(17-16-31(34)13-9-6-2)35(43)39-37(20-23-40(4)24-21-37)36(44)38-33-18-14-30(15-19-33)12-11-26-42;1-3-4-2;1-2/h5,7-8,11-12,14-19,26,29H,3,6,9-10,13,20-25,27-28H2,1-2,4H3,(H,38,44)(H,39,43);3-4H2,1-2H3;1-2H3/b8-5-,12-11+;;. The maximum absolute atomic E-state index is 14.0. The number of likely N-dealkylation sites (tertiary alicyclic amines) is 1. The molecule has 2 amide bonds. The summed E-state index contributed by atoms with van der Waals surface area (Å²) in [7, 11) is 2.03. The Bertz CT molecular complexity index is 1340. The zero-order valence-corrected chi connectivity index (χ0v) is 32.6. The third-order valence-corrected chi connectivity index (χ3v) is 8.69. The number of nitrogens with one attached hydrogen (secondary N) is 2.